The van der Waals surface area contributed by atoms with Crippen molar-refractivity contribution in [2.24, 2.45) is 5.73 Å². The third kappa shape index (κ3) is 58.0. The molecule has 0 rings (SSSR count). The predicted molar refractivity (Wildman–Crippen MR) is 166 cm³/mol. The number of hydrogen-bond acceptors (Lipinski definition) is 8. The Morgan fingerprint density at radius 3 is 0.780 bits per heavy atom. The van der Waals surface area contributed by atoms with Gasteiger partial charge in [0.15, 0.2) is 0 Å². The molecular formula is C28H64N4O9. The SMILES string of the molecule is CC.CC.CC.CC.CC.CCCC.NC(=O)CN(CCN(CC(=O)O)CC(=O)O)CCN(CC(=O)O)CC(=O)O. The highest BCUT2D eigenvalue weighted by atomic mass is 16.4. The summed E-state index contributed by atoms with van der Waals surface area (Å²) in [4.78, 5) is 58.1. The monoisotopic (exact) mass is 600 g/mol. The lowest BCUT2D eigenvalue weighted by Gasteiger charge is -2.27. The van der Waals surface area contributed by atoms with Crippen molar-refractivity contribution >= 4 is 29.8 Å². The first-order valence-electron chi connectivity index (χ1n) is 14.7. The summed E-state index contributed by atoms with van der Waals surface area (Å²) in [6.07, 6.45) is 2.64. The number of nitrogens with two attached hydrogens (primary N) is 1. The van der Waals surface area contributed by atoms with Crippen LogP contribution in [0.5, 0.6) is 0 Å². The summed E-state index contributed by atoms with van der Waals surface area (Å²) >= 11 is 0. The van der Waals surface area contributed by atoms with E-state index in [4.69, 9.17) is 26.2 Å². The molecule has 0 fully saturated rings. The molecule has 0 saturated carbocycles. The van der Waals surface area contributed by atoms with Gasteiger partial charge in [-0.2, -0.15) is 0 Å². The van der Waals surface area contributed by atoms with Crippen LogP contribution >= 0.6 is 0 Å². The molecule has 0 unspecified atom stereocenters. The van der Waals surface area contributed by atoms with Gasteiger partial charge in [-0.25, -0.2) is 0 Å². The molecule has 0 aromatic carbocycles. The molecule has 13 heteroatoms. The van der Waals surface area contributed by atoms with E-state index in [-0.39, 0.29) is 32.7 Å². The van der Waals surface area contributed by atoms with E-state index in [1.807, 2.05) is 69.2 Å². The fourth-order valence-electron chi connectivity index (χ4n) is 2.25. The van der Waals surface area contributed by atoms with E-state index in [1.54, 1.807) is 0 Å². The Morgan fingerprint density at radius 1 is 0.439 bits per heavy atom. The number of nitrogens with zero attached hydrogens (tertiary/aromatic N) is 3. The van der Waals surface area contributed by atoms with Crippen LogP contribution in [0.2, 0.25) is 0 Å². The molecule has 1 amide bonds. The van der Waals surface area contributed by atoms with Gasteiger partial charge in [0.25, 0.3) is 0 Å². The maximum Gasteiger partial charge on any atom is 0.317 e. The molecule has 0 aliphatic carbocycles. The number of rotatable bonds is 17. The first-order chi connectivity index (χ1) is 19.4. The molecule has 6 N–H and O–H groups in total. The average molecular weight is 601 g/mol. The molecule has 0 aromatic heterocycles. The lowest BCUT2D eigenvalue weighted by atomic mass is 10.3. The summed E-state index contributed by atoms with van der Waals surface area (Å²) in [5, 5.41) is 35.2. The smallest absolute Gasteiger partial charge is 0.317 e. The van der Waals surface area contributed by atoms with Crippen molar-refractivity contribution in [1.82, 2.24) is 14.7 Å². The van der Waals surface area contributed by atoms with Gasteiger partial charge in [-0.15, -0.1) is 0 Å². The minimum Gasteiger partial charge on any atom is -0.480 e. The zero-order valence-electron chi connectivity index (χ0n) is 28.0. The van der Waals surface area contributed by atoms with Crippen LogP contribution < -0.4 is 5.73 Å². The summed E-state index contributed by atoms with van der Waals surface area (Å²) in [5.41, 5.74) is 5.14. The summed E-state index contributed by atoms with van der Waals surface area (Å²) in [6.45, 7) is 22.2. The van der Waals surface area contributed by atoms with Gasteiger partial charge < -0.3 is 26.2 Å². The third-order valence-electron chi connectivity index (χ3n) is 3.78. The molecule has 0 aliphatic heterocycles. The third-order valence-corrected chi connectivity index (χ3v) is 3.78. The summed E-state index contributed by atoms with van der Waals surface area (Å²) in [5.74, 6) is -5.56. The highest BCUT2D eigenvalue weighted by Gasteiger charge is 2.18. The standard InChI is InChI=1S/C14H24N4O9.C4H10.5C2H6/c15-10(19)5-16(1-3-17(6-11(20)21)7-12(22)23)2-4-18(8-13(24)25)9-14(26)27;1-3-4-2;5*1-2/h1-9H2,(H2,15,19)(H,20,21)(H,22,23)(H,24,25)(H,26,27);3-4H2,1-2H3;5*1-2H3. The van der Waals surface area contributed by atoms with Crippen LogP contribution in [0.25, 0.3) is 0 Å². The van der Waals surface area contributed by atoms with E-state index in [1.165, 1.54) is 17.7 Å². The lowest BCUT2D eigenvalue weighted by molar-refractivity contribution is -0.143. The molecule has 13 nitrogen and oxygen atoms in total. The van der Waals surface area contributed by atoms with Crippen molar-refractivity contribution in [3.63, 3.8) is 0 Å². The quantitative estimate of drug-likeness (QED) is 0.162. The van der Waals surface area contributed by atoms with Crippen LogP contribution in [-0.4, -0.2) is 124 Å². The number of carboxylic acid groups (broad SMARTS) is 4. The van der Waals surface area contributed by atoms with Gasteiger partial charge in [0.05, 0.1) is 32.7 Å². The van der Waals surface area contributed by atoms with Gasteiger partial charge in [-0.3, -0.25) is 38.7 Å². The van der Waals surface area contributed by atoms with Gasteiger partial charge in [-0.05, 0) is 0 Å². The van der Waals surface area contributed by atoms with Gasteiger partial charge in [-0.1, -0.05) is 95.9 Å². The number of hydrogen-bond donors (Lipinski definition) is 5. The number of unbranched alkanes of at least 4 members (excludes halogenated alkanes) is 1. The Labute approximate surface area is 249 Å². The van der Waals surface area contributed by atoms with Gasteiger partial charge in [0.1, 0.15) is 0 Å². The van der Waals surface area contributed by atoms with Crippen LogP contribution in [-0.2, 0) is 24.0 Å². The Morgan fingerprint density at radius 2 is 0.634 bits per heavy atom. The molecule has 0 atom stereocenters. The zero-order valence-corrected chi connectivity index (χ0v) is 28.0. The maximum absolute atomic E-state index is 11.2. The molecule has 0 saturated heterocycles. The van der Waals surface area contributed by atoms with Crippen LogP contribution in [0.4, 0.5) is 0 Å². The average Bonchev–Trinajstić information content (AvgIpc) is 2.94. The number of carbonyl (C=O) groups excluding carboxylic acids is 1. The Bertz CT molecular complexity index is 519. The minimum absolute atomic E-state index is 0.00371. The Balaban J connectivity index is -0.000000141. The van der Waals surface area contributed by atoms with Crippen LogP contribution in [0.15, 0.2) is 0 Å². The first kappa shape index (κ1) is 54.3. The molecule has 250 valence electrons. The number of carboxylic acids is 4. The molecule has 0 spiro atoms. The first-order valence-corrected chi connectivity index (χ1v) is 14.7. The summed E-state index contributed by atoms with van der Waals surface area (Å²) in [7, 11) is 0. The summed E-state index contributed by atoms with van der Waals surface area (Å²) in [6, 6.07) is 0. The fourth-order valence-corrected chi connectivity index (χ4v) is 2.25. The largest absolute Gasteiger partial charge is 0.480 e. The fraction of sp³-hybridized carbons (Fsp3) is 0.821. The molecule has 0 radical (unpaired) electrons. The number of aliphatic carboxylic acids is 4. The second-order valence-electron chi connectivity index (χ2n) is 6.74. The van der Waals surface area contributed by atoms with Gasteiger partial charge in [0.2, 0.25) is 5.91 Å². The van der Waals surface area contributed by atoms with E-state index in [9.17, 15) is 24.0 Å². The second kappa shape index (κ2) is 47.0. The van der Waals surface area contributed by atoms with E-state index in [2.05, 4.69) is 13.8 Å². The van der Waals surface area contributed by atoms with E-state index >= 15 is 0 Å². The molecule has 0 aliphatic rings. The van der Waals surface area contributed by atoms with Crippen molar-refractivity contribution in [2.45, 2.75) is 95.9 Å². The van der Waals surface area contributed by atoms with Crippen molar-refractivity contribution < 1.29 is 44.4 Å². The number of carbonyl (C=O) groups is 5. The predicted octanol–water partition coefficient (Wildman–Crippen LogP) is 3.65. The second-order valence-corrected chi connectivity index (χ2v) is 6.74. The Hall–Kier alpha value is -2.77. The zero-order chi connectivity index (χ0) is 34.4. The highest BCUT2D eigenvalue weighted by Crippen LogP contribution is 1.97. The highest BCUT2D eigenvalue weighted by molar-refractivity contribution is 5.76. The van der Waals surface area contributed by atoms with Crippen molar-refractivity contribution in [3.05, 3.63) is 0 Å². The number of primary amides is 1. The normalized spacial score (nSPS) is 8.76. The van der Waals surface area contributed by atoms with E-state index in [0.717, 1.165) is 9.80 Å². The summed E-state index contributed by atoms with van der Waals surface area (Å²) < 4.78 is 0. The van der Waals surface area contributed by atoms with Crippen molar-refractivity contribution in [3.8, 4) is 0 Å². The number of amides is 1. The molecule has 0 aromatic rings. The van der Waals surface area contributed by atoms with Gasteiger partial charge >= 0.3 is 23.9 Å². The molecular weight excluding hydrogens is 536 g/mol. The molecule has 41 heavy (non-hydrogen) atoms. The Kier molecular flexibility index (Phi) is 62.3. The van der Waals surface area contributed by atoms with E-state index in [0.29, 0.717) is 0 Å². The van der Waals surface area contributed by atoms with Crippen LogP contribution in [0, 0.1) is 0 Å². The molecule has 0 bridgehead atoms. The van der Waals surface area contributed by atoms with Crippen LogP contribution in [0.3, 0.4) is 0 Å². The van der Waals surface area contributed by atoms with Gasteiger partial charge in [0, 0.05) is 26.2 Å². The van der Waals surface area contributed by atoms with Crippen molar-refractivity contribution in [1.29, 1.82) is 0 Å². The maximum atomic E-state index is 11.2. The molecule has 0 heterocycles. The van der Waals surface area contributed by atoms with Crippen LogP contribution in [0.1, 0.15) is 95.9 Å². The topological polar surface area (TPSA) is 202 Å². The minimum atomic E-state index is -1.22. The van der Waals surface area contributed by atoms with E-state index < -0.39 is 56.0 Å². The van der Waals surface area contributed by atoms with Crippen molar-refractivity contribution in [2.75, 3.05) is 58.9 Å². The lowest BCUT2D eigenvalue weighted by Crippen LogP contribution is -2.46.